The lowest BCUT2D eigenvalue weighted by Crippen LogP contribution is -2.35. The molecule has 6 heteroatoms. The van der Waals surface area contributed by atoms with E-state index < -0.39 is 5.97 Å². The number of rotatable bonds is 5. The lowest BCUT2D eigenvalue weighted by atomic mass is 10.1. The molecule has 1 aromatic carbocycles. The third-order valence-electron chi connectivity index (χ3n) is 3.33. The fourth-order valence-electron chi connectivity index (χ4n) is 2.17. The van der Waals surface area contributed by atoms with Crippen molar-refractivity contribution in [3.63, 3.8) is 0 Å². The van der Waals surface area contributed by atoms with Gasteiger partial charge in [-0.2, -0.15) is 0 Å². The molecule has 5 nitrogen and oxygen atoms in total. The Morgan fingerprint density at radius 1 is 1.38 bits per heavy atom. The fourth-order valence-corrected chi connectivity index (χ4v) is 3.32. The van der Waals surface area contributed by atoms with Crippen LogP contribution in [0.25, 0.3) is 10.1 Å². The van der Waals surface area contributed by atoms with Gasteiger partial charge in [0.15, 0.2) is 0 Å². The summed E-state index contributed by atoms with van der Waals surface area (Å²) >= 11 is 1.38. The minimum Gasteiger partial charge on any atom is -0.497 e. The van der Waals surface area contributed by atoms with Crippen molar-refractivity contribution in [2.45, 2.75) is 13.8 Å². The fraction of sp³-hybridized carbons (Fsp3) is 0.333. The summed E-state index contributed by atoms with van der Waals surface area (Å²) in [5.41, 5.74) is 0.864. The first kappa shape index (κ1) is 15.3. The molecule has 0 radical (unpaired) electrons. The van der Waals surface area contributed by atoms with Crippen molar-refractivity contribution >= 4 is 33.3 Å². The number of hydrogen-bond acceptors (Lipinski definition) is 4. The second-order valence-corrected chi connectivity index (χ2v) is 5.68. The van der Waals surface area contributed by atoms with Gasteiger partial charge in [0.25, 0.3) is 5.91 Å². The van der Waals surface area contributed by atoms with Crippen molar-refractivity contribution in [3.05, 3.63) is 28.6 Å². The van der Waals surface area contributed by atoms with Gasteiger partial charge < -0.3 is 14.7 Å². The first-order valence-electron chi connectivity index (χ1n) is 6.56. The number of carbonyl (C=O) groups is 2. The Labute approximate surface area is 126 Å². The maximum atomic E-state index is 12.5. The van der Waals surface area contributed by atoms with Gasteiger partial charge in [-0.05, 0) is 43.0 Å². The van der Waals surface area contributed by atoms with Crippen LogP contribution in [-0.2, 0) is 4.79 Å². The predicted octanol–water partition coefficient (Wildman–Crippen LogP) is 2.77. The van der Waals surface area contributed by atoms with Gasteiger partial charge in [-0.25, -0.2) is 0 Å². The topological polar surface area (TPSA) is 66.8 Å². The Morgan fingerprint density at radius 2 is 2.10 bits per heavy atom. The molecule has 1 amide bonds. The molecule has 0 saturated carbocycles. The number of hydrogen-bond donors (Lipinski definition) is 1. The van der Waals surface area contributed by atoms with E-state index in [0.717, 1.165) is 21.4 Å². The molecule has 0 bridgehead atoms. The quantitative estimate of drug-likeness (QED) is 0.922. The zero-order chi connectivity index (χ0) is 15.6. The number of carboxylic acids is 1. The monoisotopic (exact) mass is 307 g/mol. The van der Waals surface area contributed by atoms with Crippen LogP contribution < -0.4 is 4.74 Å². The third-order valence-corrected chi connectivity index (χ3v) is 4.59. The number of aliphatic carboxylic acids is 1. The Morgan fingerprint density at radius 3 is 2.67 bits per heavy atom. The molecule has 0 aliphatic rings. The van der Waals surface area contributed by atoms with E-state index in [1.807, 2.05) is 25.1 Å². The Balaban J connectivity index is 2.43. The minimum absolute atomic E-state index is 0.238. The number of benzene rings is 1. The molecule has 1 aromatic heterocycles. The SMILES string of the molecule is CCN(CC(=O)O)C(=O)c1sc2ccc(OC)cc2c1C. The van der Waals surface area contributed by atoms with Gasteiger partial charge in [0, 0.05) is 11.2 Å². The molecular formula is C15H17NO4S. The van der Waals surface area contributed by atoms with E-state index in [9.17, 15) is 9.59 Å². The molecule has 0 atom stereocenters. The summed E-state index contributed by atoms with van der Waals surface area (Å²) in [6.07, 6.45) is 0. The maximum absolute atomic E-state index is 12.5. The molecule has 0 unspecified atom stereocenters. The summed E-state index contributed by atoms with van der Waals surface area (Å²) in [6.45, 7) is 3.72. The average molecular weight is 307 g/mol. The van der Waals surface area contributed by atoms with Crippen LogP contribution >= 0.6 is 11.3 Å². The standard InChI is InChI=1S/C15H17NO4S/c1-4-16(8-13(17)18)15(19)14-9(2)11-7-10(20-3)5-6-12(11)21-14/h5-7H,4,8H2,1-3H3,(H,17,18). The normalized spacial score (nSPS) is 10.6. The van der Waals surface area contributed by atoms with Gasteiger partial charge in [-0.15, -0.1) is 11.3 Å². The van der Waals surface area contributed by atoms with Gasteiger partial charge in [-0.3, -0.25) is 9.59 Å². The first-order chi connectivity index (χ1) is 9.97. The Hall–Kier alpha value is -2.08. The number of carboxylic acid groups (broad SMARTS) is 1. The molecule has 2 rings (SSSR count). The number of amides is 1. The molecule has 0 fully saturated rings. The van der Waals surface area contributed by atoms with E-state index in [4.69, 9.17) is 9.84 Å². The van der Waals surface area contributed by atoms with Gasteiger partial charge in [0.2, 0.25) is 0 Å². The molecule has 1 heterocycles. The van der Waals surface area contributed by atoms with E-state index in [0.29, 0.717) is 11.4 Å². The van der Waals surface area contributed by atoms with Crippen LogP contribution in [0.5, 0.6) is 5.75 Å². The average Bonchev–Trinajstić information content (AvgIpc) is 2.80. The summed E-state index contributed by atoms with van der Waals surface area (Å²) < 4.78 is 6.19. The molecule has 2 aromatic rings. The predicted molar refractivity (Wildman–Crippen MR) is 82.3 cm³/mol. The molecule has 1 N–H and O–H groups in total. The van der Waals surface area contributed by atoms with Crippen molar-refractivity contribution in [2.75, 3.05) is 20.2 Å². The Bertz CT molecular complexity index is 692. The number of fused-ring (bicyclic) bond motifs is 1. The van der Waals surface area contributed by atoms with Crippen LogP contribution in [0.15, 0.2) is 18.2 Å². The molecule has 0 saturated heterocycles. The van der Waals surface area contributed by atoms with Crippen molar-refractivity contribution in [1.29, 1.82) is 0 Å². The summed E-state index contributed by atoms with van der Waals surface area (Å²) in [7, 11) is 1.60. The van der Waals surface area contributed by atoms with Crippen LogP contribution in [0, 0.1) is 6.92 Å². The van der Waals surface area contributed by atoms with Crippen LogP contribution in [0.3, 0.4) is 0 Å². The van der Waals surface area contributed by atoms with Crippen LogP contribution in [-0.4, -0.2) is 42.1 Å². The summed E-state index contributed by atoms with van der Waals surface area (Å²) in [5.74, 6) is -0.511. The van der Waals surface area contributed by atoms with Gasteiger partial charge >= 0.3 is 5.97 Å². The van der Waals surface area contributed by atoms with Crippen LogP contribution in [0.2, 0.25) is 0 Å². The van der Waals surface area contributed by atoms with Crippen molar-refractivity contribution in [3.8, 4) is 5.75 Å². The highest BCUT2D eigenvalue weighted by atomic mass is 32.1. The number of ether oxygens (including phenoxy) is 1. The summed E-state index contributed by atoms with van der Waals surface area (Å²) in [5, 5.41) is 9.85. The first-order valence-corrected chi connectivity index (χ1v) is 7.37. The van der Waals surface area contributed by atoms with E-state index in [1.54, 1.807) is 14.0 Å². The lowest BCUT2D eigenvalue weighted by Gasteiger charge is -2.17. The number of likely N-dealkylation sites (N-methyl/N-ethyl adjacent to an activating group) is 1. The van der Waals surface area contributed by atoms with Crippen molar-refractivity contribution in [2.24, 2.45) is 0 Å². The van der Waals surface area contributed by atoms with E-state index in [-0.39, 0.29) is 12.5 Å². The van der Waals surface area contributed by atoms with Crippen molar-refractivity contribution in [1.82, 2.24) is 4.90 Å². The zero-order valence-corrected chi connectivity index (χ0v) is 13.0. The van der Waals surface area contributed by atoms with Crippen molar-refractivity contribution < 1.29 is 19.4 Å². The Kier molecular flexibility index (Phi) is 4.47. The van der Waals surface area contributed by atoms with Crippen LogP contribution in [0.1, 0.15) is 22.2 Å². The molecular weight excluding hydrogens is 290 g/mol. The van der Waals surface area contributed by atoms with Gasteiger partial charge in [-0.1, -0.05) is 0 Å². The minimum atomic E-state index is -1.01. The van der Waals surface area contributed by atoms with Gasteiger partial charge in [0.05, 0.1) is 12.0 Å². The highest BCUT2D eigenvalue weighted by Gasteiger charge is 2.22. The molecule has 0 aliphatic heterocycles. The molecule has 21 heavy (non-hydrogen) atoms. The third kappa shape index (κ3) is 3.00. The van der Waals surface area contributed by atoms with E-state index in [1.165, 1.54) is 16.2 Å². The molecule has 0 spiro atoms. The van der Waals surface area contributed by atoms with E-state index >= 15 is 0 Å². The molecule has 112 valence electrons. The smallest absolute Gasteiger partial charge is 0.323 e. The number of methoxy groups -OCH3 is 1. The lowest BCUT2D eigenvalue weighted by molar-refractivity contribution is -0.137. The number of nitrogens with zero attached hydrogens (tertiary/aromatic N) is 1. The van der Waals surface area contributed by atoms with E-state index in [2.05, 4.69) is 0 Å². The number of carbonyl (C=O) groups excluding carboxylic acids is 1. The highest BCUT2D eigenvalue weighted by Crippen LogP contribution is 2.34. The number of aryl methyl sites for hydroxylation is 1. The second kappa shape index (κ2) is 6.13. The van der Waals surface area contributed by atoms with Gasteiger partial charge in [0.1, 0.15) is 12.3 Å². The maximum Gasteiger partial charge on any atom is 0.323 e. The second-order valence-electron chi connectivity index (χ2n) is 4.63. The summed E-state index contributed by atoms with van der Waals surface area (Å²) in [6, 6.07) is 5.66. The summed E-state index contributed by atoms with van der Waals surface area (Å²) in [4.78, 5) is 25.3. The zero-order valence-electron chi connectivity index (χ0n) is 12.2. The number of thiophene rings is 1. The highest BCUT2D eigenvalue weighted by molar-refractivity contribution is 7.21. The molecule has 0 aliphatic carbocycles. The largest absolute Gasteiger partial charge is 0.497 e. The van der Waals surface area contributed by atoms with Crippen LogP contribution in [0.4, 0.5) is 0 Å².